The number of ether oxygens (including phenoxy) is 4. The van der Waals surface area contributed by atoms with Crippen LogP contribution in [0, 0.1) is 40.4 Å². The number of aryl methyl sites for hydroxylation is 15. The highest BCUT2D eigenvalue weighted by molar-refractivity contribution is 5.90. The predicted octanol–water partition coefficient (Wildman–Crippen LogP) is 32.2. The Morgan fingerprint density at radius 2 is 0.593 bits per heavy atom. The number of rotatable bonds is 15. The molecule has 0 saturated heterocycles. The van der Waals surface area contributed by atoms with Crippen LogP contribution in [-0.4, -0.2) is 45.1 Å². The van der Waals surface area contributed by atoms with Crippen LogP contribution in [0.5, 0.6) is 5.75 Å². The van der Waals surface area contributed by atoms with Crippen LogP contribution in [0.2, 0.25) is 0 Å². The number of carbonyl (C=O) groups is 3. The van der Waals surface area contributed by atoms with Crippen molar-refractivity contribution in [3.05, 3.63) is 348 Å². The molecular weight excluding hydrogens is 1490 g/mol. The monoisotopic (exact) mass is 1650 g/mol. The van der Waals surface area contributed by atoms with Crippen LogP contribution in [-0.2, 0) is 84.6 Å². The quantitative estimate of drug-likeness (QED) is 0.0574. The minimum atomic E-state index is -4.61. The summed E-state index contributed by atoms with van der Waals surface area (Å²) in [5.74, 6) is -1.77. The van der Waals surface area contributed by atoms with E-state index in [0.717, 1.165) is 69.1 Å². The van der Waals surface area contributed by atoms with E-state index in [1.807, 2.05) is 42.5 Å². The van der Waals surface area contributed by atoms with E-state index in [4.69, 9.17) is 4.74 Å². The van der Waals surface area contributed by atoms with Crippen LogP contribution >= 0.6 is 0 Å². The lowest BCUT2D eigenvalue weighted by atomic mass is 10.0. The van der Waals surface area contributed by atoms with Gasteiger partial charge in [0.1, 0.15) is 11.6 Å². The number of esters is 3. The van der Waals surface area contributed by atoms with Gasteiger partial charge in [0.05, 0.1) is 43.1 Å². The summed E-state index contributed by atoms with van der Waals surface area (Å²) in [5, 5.41) is 0. The molecule has 662 valence electrons. The Morgan fingerprint density at radius 1 is 0.288 bits per heavy atom. The van der Waals surface area contributed by atoms with Gasteiger partial charge in [0.25, 0.3) is 0 Å². The fourth-order valence-electron chi connectivity index (χ4n) is 9.60. The Balaban J connectivity index is -0.000000136. The standard InChI is InChI=1S/C11H14O2.2C10H12O2.C9H8F4.C9H9F3O.5C9H12.10CH4/c1-3-9-5-7-10(8-6-9)11(12)13-4-2;1-3-8-4-6-9(7-5-8)10(11)12-2;1-3-8-5-4-6-9(7-8)10(11)12-2;1-2-6-3-4-7(10)5-8(6)9(11,12)13;1-2-7-5-3-4-6-8(7)13-9(10,11)12;3*1-3-9-6-4-8(2)5-7-9;2*1-3-9-6-4-5-8(2)7-9;;;;;;;;;;/h5-8H,3-4H2,1-2H3;2*4-7H,3H2,1-2H3;3-5H,2H2,1H3;3-6H,2H2,1H3;5*4-7H,3H2,1-2H3;10*1H4. The Bertz CT molecular complexity index is 3920. The van der Waals surface area contributed by atoms with E-state index in [0.29, 0.717) is 41.3 Å². The molecule has 7 nitrogen and oxygen atoms in total. The number of carbonyl (C=O) groups excluding carboxylic acids is 3. The zero-order valence-corrected chi connectivity index (χ0v) is 66.8. The number of alkyl halides is 6. The molecule has 0 bridgehead atoms. The predicted molar refractivity (Wildman–Crippen MR) is 499 cm³/mol. The molecule has 10 aromatic rings. The number of para-hydroxylation sites is 1. The lowest BCUT2D eigenvalue weighted by Gasteiger charge is -2.11. The molecule has 14 heteroatoms. The second-order valence-corrected chi connectivity index (χ2v) is 24.7. The van der Waals surface area contributed by atoms with Crippen molar-refractivity contribution in [2.24, 2.45) is 0 Å². The first kappa shape index (κ1) is 129. The van der Waals surface area contributed by atoms with Gasteiger partial charge in [0.2, 0.25) is 0 Å². The van der Waals surface area contributed by atoms with Gasteiger partial charge in [-0.2, -0.15) is 13.2 Å². The molecule has 0 fully saturated rings. The summed E-state index contributed by atoms with van der Waals surface area (Å²) in [6.45, 7) is 33.3. The first-order chi connectivity index (χ1) is 51.4. The summed E-state index contributed by atoms with van der Waals surface area (Å²) in [4.78, 5) is 33.3. The van der Waals surface area contributed by atoms with Gasteiger partial charge < -0.3 is 18.9 Å². The number of hydrogen-bond acceptors (Lipinski definition) is 7. The molecule has 0 aliphatic carbocycles. The molecule has 0 amide bonds. The Labute approximate surface area is 714 Å². The fourth-order valence-corrected chi connectivity index (χ4v) is 9.60. The summed E-state index contributed by atoms with van der Waals surface area (Å²) >= 11 is 0. The van der Waals surface area contributed by atoms with Crippen molar-refractivity contribution in [1.29, 1.82) is 0 Å². The third kappa shape index (κ3) is 56.3. The van der Waals surface area contributed by atoms with E-state index < -0.39 is 23.9 Å². The molecule has 0 unspecified atom stereocenters. The highest BCUT2D eigenvalue weighted by Gasteiger charge is 2.33. The molecule has 0 N–H and O–H groups in total. The first-order valence-electron chi connectivity index (χ1n) is 37.0. The average Bonchev–Trinajstić information content (AvgIpc) is 0.825. The molecule has 0 radical (unpaired) electrons. The van der Waals surface area contributed by atoms with Crippen LogP contribution in [0.4, 0.5) is 30.7 Å². The minimum absolute atomic E-state index is 0. The summed E-state index contributed by atoms with van der Waals surface area (Å²) in [5.41, 5.74) is 19.1. The third-order valence-electron chi connectivity index (χ3n) is 16.3. The molecule has 0 aliphatic rings. The van der Waals surface area contributed by atoms with Gasteiger partial charge in [0, 0.05) is 0 Å². The lowest BCUT2D eigenvalue weighted by Crippen LogP contribution is -2.17. The number of methoxy groups -OCH3 is 2. The van der Waals surface area contributed by atoms with Crippen LogP contribution < -0.4 is 4.74 Å². The van der Waals surface area contributed by atoms with Crippen molar-refractivity contribution in [3.63, 3.8) is 0 Å². The Morgan fingerprint density at radius 3 is 0.881 bits per heavy atom. The number of benzene rings is 10. The largest absolute Gasteiger partial charge is 0.573 e. The molecule has 0 saturated carbocycles. The highest BCUT2D eigenvalue weighted by Crippen LogP contribution is 2.33. The van der Waals surface area contributed by atoms with Crippen molar-refractivity contribution in [2.45, 2.75) is 262 Å². The van der Waals surface area contributed by atoms with Gasteiger partial charge in [-0.05, 0) is 216 Å². The average molecular weight is 1650 g/mol. The number of hydrogen-bond donors (Lipinski definition) is 0. The SMILES string of the molecule is C.C.C.C.C.C.C.C.C.C.CCOC(=O)c1ccc(CC)cc1.CCc1ccc(C(=O)OC)cc1.CCc1ccc(C)cc1.CCc1ccc(C)cc1.CCc1ccc(C)cc1.CCc1ccc(F)cc1C(F)(F)F.CCc1cccc(C(=O)OC)c1.CCc1cccc(C)c1.CCc1cccc(C)c1.CCc1ccccc1OC(F)(F)F. The van der Waals surface area contributed by atoms with E-state index in [1.54, 1.807) is 63.2 Å². The smallest absolute Gasteiger partial charge is 0.465 e. The summed E-state index contributed by atoms with van der Waals surface area (Å²) in [6.07, 6.45) is 0.305. The van der Waals surface area contributed by atoms with Crippen LogP contribution in [0.1, 0.15) is 271 Å². The molecule has 0 spiro atoms. The van der Waals surface area contributed by atoms with E-state index in [-0.39, 0.29) is 110 Å². The van der Waals surface area contributed by atoms with Crippen LogP contribution in [0.3, 0.4) is 0 Å². The minimum Gasteiger partial charge on any atom is -0.465 e. The zero-order chi connectivity index (χ0) is 81.0. The molecule has 118 heavy (non-hydrogen) atoms. The Kier molecular flexibility index (Phi) is 79.9. The van der Waals surface area contributed by atoms with Crippen molar-refractivity contribution in [3.8, 4) is 5.75 Å². The van der Waals surface area contributed by atoms with Gasteiger partial charge >= 0.3 is 30.4 Å². The second kappa shape index (κ2) is 73.3. The zero-order valence-electron chi connectivity index (χ0n) is 66.8. The molecule has 10 rings (SSSR count). The van der Waals surface area contributed by atoms with Gasteiger partial charge in [-0.1, -0.05) is 353 Å². The first-order valence-corrected chi connectivity index (χ1v) is 37.0. The van der Waals surface area contributed by atoms with Crippen molar-refractivity contribution < 1.29 is 64.1 Å². The topological polar surface area (TPSA) is 88.1 Å². The van der Waals surface area contributed by atoms with Gasteiger partial charge in [0.15, 0.2) is 0 Å². The van der Waals surface area contributed by atoms with Crippen LogP contribution in [0.15, 0.2) is 237 Å². The third-order valence-corrected chi connectivity index (χ3v) is 16.3. The molecule has 0 aliphatic heterocycles. The maximum Gasteiger partial charge on any atom is 0.573 e. The van der Waals surface area contributed by atoms with Gasteiger partial charge in [-0.3, -0.25) is 0 Å². The maximum atomic E-state index is 12.5. The molecular formula is C104H155F7O7. The normalized spacial score (nSPS) is 9.19. The van der Waals surface area contributed by atoms with Gasteiger partial charge in [-0.15, -0.1) is 13.2 Å². The molecule has 0 atom stereocenters. The molecule has 10 aromatic carbocycles. The van der Waals surface area contributed by atoms with E-state index in [2.05, 4.69) is 226 Å². The van der Waals surface area contributed by atoms with Crippen molar-refractivity contribution in [2.75, 3.05) is 20.8 Å². The van der Waals surface area contributed by atoms with E-state index in [1.165, 1.54) is 93.1 Å². The fraction of sp³-hybridized carbons (Fsp3) is 0.394. The van der Waals surface area contributed by atoms with E-state index >= 15 is 0 Å². The maximum absolute atomic E-state index is 12.5. The summed E-state index contributed by atoms with van der Waals surface area (Å²) in [7, 11) is 2.77. The molecule has 0 aromatic heterocycles. The summed E-state index contributed by atoms with van der Waals surface area (Å²) < 4.78 is 103. The lowest BCUT2D eigenvalue weighted by molar-refractivity contribution is -0.274. The highest BCUT2D eigenvalue weighted by atomic mass is 19.4. The number of halogens is 7. The second-order valence-electron chi connectivity index (χ2n) is 24.7. The van der Waals surface area contributed by atoms with Crippen molar-refractivity contribution >= 4 is 17.9 Å². The van der Waals surface area contributed by atoms with Crippen LogP contribution in [0.25, 0.3) is 0 Å². The molecule has 0 heterocycles. The summed E-state index contributed by atoms with van der Waals surface area (Å²) in [6, 6.07) is 74.4. The Hall–Kier alpha value is -10.1. The van der Waals surface area contributed by atoms with Crippen molar-refractivity contribution in [1.82, 2.24) is 0 Å². The van der Waals surface area contributed by atoms with Gasteiger partial charge in [-0.25, -0.2) is 18.8 Å². The van der Waals surface area contributed by atoms with E-state index in [9.17, 15) is 45.1 Å².